The topological polar surface area (TPSA) is 125 Å². The summed E-state index contributed by atoms with van der Waals surface area (Å²) in [5.41, 5.74) is -0.752. The molecule has 3 N–H and O–H groups in total. The Kier molecular flexibility index (Phi) is 6.97. The number of carbonyl (C=O) groups excluding carboxylic acids is 2. The van der Waals surface area contributed by atoms with Gasteiger partial charge in [0.2, 0.25) is 10.0 Å². The molecule has 0 bridgehead atoms. The van der Waals surface area contributed by atoms with E-state index in [0.29, 0.717) is 18.6 Å². The van der Waals surface area contributed by atoms with Gasteiger partial charge in [-0.15, -0.1) is 0 Å². The molecule has 2 aliphatic rings. The molecular weight excluding hydrogens is 434 g/mol. The highest BCUT2D eigenvalue weighted by Crippen LogP contribution is 2.46. The highest BCUT2D eigenvalue weighted by molar-refractivity contribution is 7.89. The molecule has 176 valence electrons. The fraction of sp³-hybridized carbons (Fsp3) is 0.545. The average molecular weight is 466 g/mol. The number of hydrogen-bond acceptors (Lipinski definition) is 6. The number of nitrogens with one attached hydrogen (secondary N) is 2. The van der Waals surface area contributed by atoms with Crippen LogP contribution in [0.5, 0.6) is 5.75 Å². The molecule has 1 aliphatic heterocycles. The standard InChI is InChI=1S/C22H31N3O6S/c1-16-19(26)23-20(27)25(16)12-5-4-6-13-32(29,30)24-22(10-11-22)17-8-7-9-18(14-17)31-15-21(2,3)28/h4-5,7-9,14,16,24,28H,6,10-13,15H2,1-3H3,(H,23,26,27)/b5-4+/t16-/m1/s1. The van der Waals surface area contributed by atoms with Crippen molar-refractivity contribution in [3.63, 3.8) is 0 Å². The van der Waals surface area contributed by atoms with Crippen LogP contribution in [-0.2, 0) is 20.4 Å². The first kappa shape index (κ1) is 24.2. The van der Waals surface area contributed by atoms with E-state index in [0.717, 1.165) is 5.56 Å². The van der Waals surface area contributed by atoms with Crippen molar-refractivity contribution in [2.75, 3.05) is 18.9 Å². The van der Waals surface area contributed by atoms with Gasteiger partial charge >= 0.3 is 6.03 Å². The van der Waals surface area contributed by atoms with Crippen LogP contribution < -0.4 is 14.8 Å². The maximum atomic E-state index is 12.6. The lowest BCUT2D eigenvalue weighted by Crippen LogP contribution is -2.36. The molecule has 1 saturated heterocycles. The van der Waals surface area contributed by atoms with Crippen molar-refractivity contribution in [2.45, 2.75) is 57.2 Å². The maximum absolute atomic E-state index is 12.6. The third kappa shape index (κ3) is 6.30. The molecule has 0 aromatic heterocycles. The van der Waals surface area contributed by atoms with Crippen molar-refractivity contribution in [3.8, 4) is 5.75 Å². The van der Waals surface area contributed by atoms with Gasteiger partial charge in [-0.3, -0.25) is 10.1 Å². The summed E-state index contributed by atoms with van der Waals surface area (Å²) in [5, 5.41) is 12.1. The molecule has 3 amide bonds. The summed E-state index contributed by atoms with van der Waals surface area (Å²) < 4.78 is 33.7. The highest BCUT2D eigenvalue weighted by atomic mass is 32.2. The molecule has 2 fully saturated rings. The number of allylic oxidation sites excluding steroid dienone is 1. The number of benzene rings is 1. The van der Waals surface area contributed by atoms with Crippen LogP contribution in [0.3, 0.4) is 0 Å². The summed E-state index contributed by atoms with van der Waals surface area (Å²) in [4.78, 5) is 24.5. The van der Waals surface area contributed by atoms with Gasteiger partial charge < -0.3 is 14.7 Å². The third-order valence-corrected chi connectivity index (χ3v) is 6.91. The Bertz CT molecular complexity index is 995. The first-order chi connectivity index (χ1) is 14.9. The van der Waals surface area contributed by atoms with Crippen LogP contribution in [0.25, 0.3) is 0 Å². The van der Waals surface area contributed by atoms with Crippen molar-refractivity contribution < 1.29 is 27.9 Å². The normalized spacial score (nSPS) is 20.6. The molecule has 1 saturated carbocycles. The lowest BCUT2D eigenvalue weighted by molar-refractivity contribution is -0.120. The Balaban J connectivity index is 1.53. The number of aliphatic hydroxyl groups is 1. The van der Waals surface area contributed by atoms with Crippen LogP contribution in [0, 0.1) is 0 Å². The van der Waals surface area contributed by atoms with Crippen molar-refractivity contribution >= 4 is 22.0 Å². The number of amides is 3. The number of imide groups is 1. The van der Waals surface area contributed by atoms with Crippen LogP contribution in [0.15, 0.2) is 36.4 Å². The maximum Gasteiger partial charge on any atom is 0.325 e. The number of rotatable bonds is 11. The molecule has 0 unspecified atom stereocenters. The predicted octanol–water partition coefficient (Wildman–Crippen LogP) is 1.63. The molecule has 1 atom stereocenters. The Morgan fingerprint density at radius 2 is 2.03 bits per heavy atom. The second kappa shape index (κ2) is 9.21. The lowest BCUT2D eigenvalue weighted by Gasteiger charge is -2.21. The summed E-state index contributed by atoms with van der Waals surface area (Å²) in [6, 6.07) is 6.30. The number of ether oxygens (including phenoxy) is 1. The molecule has 1 aromatic carbocycles. The van der Waals surface area contributed by atoms with Gasteiger partial charge in [-0.2, -0.15) is 0 Å². The Labute approximate surface area is 188 Å². The summed E-state index contributed by atoms with van der Waals surface area (Å²) in [6.07, 6.45) is 5.09. The Hall–Kier alpha value is -2.43. The molecule has 1 aromatic rings. The number of carbonyl (C=O) groups is 2. The van der Waals surface area contributed by atoms with Gasteiger partial charge in [-0.25, -0.2) is 17.9 Å². The van der Waals surface area contributed by atoms with E-state index >= 15 is 0 Å². The minimum Gasteiger partial charge on any atom is -0.491 e. The first-order valence-corrected chi connectivity index (χ1v) is 12.3. The molecule has 1 aliphatic carbocycles. The van der Waals surface area contributed by atoms with Crippen LogP contribution in [0.4, 0.5) is 4.79 Å². The molecule has 10 heteroatoms. The molecule has 0 radical (unpaired) electrons. The molecule has 1 heterocycles. The van der Waals surface area contributed by atoms with Gasteiger partial charge in [0, 0.05) is 6.54 Å². The highest BCUT2D eigenvalue weighted by Gasteiger charge is 2.47. The van der Waals surface area contributed by atoms with Gasteiger partial charge in [-0.1, -0.05) is 24.3 Å². The molecule has 32 heavy (non-hydrogen) atoms. The van der Waals surface area contributed by atoms with E-state index < -0.39 is 33.2 Å². The smallest absolute Gasteiger partial charge is 0.325 e. The number of nitrogens with zero attached hydrogens (tertiary/aromatic N) is 1. The average Bonchev–Trinajstić information content (AvgIpc) is 3.43. The minimum atomic E-state index is -3.53. The second-order valence-corrected chi connectivity index (χ2v) is 10.9. The van der Waals surface area contributed by atoms with Crippen LogP contribution in [-0.4, -0.2) is 60.9 Å². The molecular formula is C22H31N3O6S. The lowest BCUT2D eigenvalue weighted by atomic mass is 10.1. The summed E-state index contributed by atoms with van der Waals surface area (Å²) >= 11 is 0. The summed E-state index contributed by atoms with van der Waals surface area (Å²) in [7, 11) is -3.53. The summed E-state index contributed by atoms with van der Waals surface area (Å²) in [5.74, 6) is 0.164. The van der Waals surface area contributed by atoms with E-state index in [2.05, 4.69) is 10.0 Å². The fourth-order valence-electron chi connectivity index (χ4n) is 3.44. The molecule has 9 nitrogen and oxygen atoms in total. The zero-order valence-electron chi connectivity index (χ0n) is 18.6. The van der Waals surface area contributed by atoms with Gasteiger partial charge in [0.15, 0.2) is 0 Å². The number of urea groups is 1. The minimum absolute atomic E-state index is 0.0825. The zero-order chi connectivity index (χ0) is 23.6. The third-order valence-electron chi connectivity index (χ3n) is 5.44. The second-order valence-electron chi connectivity index (χ2n) is 9.01. The number of hydrogen-bond donors (Lipinski definition) is 3. The SMILES string of the molecule is C[C@@H]1C(=O)NC(=O)N1C/C=C/CCS(=O)(=O)NC1(c2cccc(OCC(C)(C)O)c2)CC1. The fourth-order valence-corrected chi connectivity index (χ4v) is 4.90. The van der Waals surface area contributed by atoms with Crippen LogP contribution >= 0.6 is 0 Å². The van der Waals surface area contributed by atoms with E-state index in [1.54, 1.807) is 39.0 Å². The van der Waals surface area contributed by atoms with Gasteiger partial charge in [0.05, 0.1) is 16.9 Å². The quantitative estimate of drug-likeness (QED) is 0.337. The van der Waals surface area contributed by atoms with E-state index in [1.807, 2.05) is 18.2 Å². The number of sulfonamides is 1. The summed E-state index contributed by atoms with van der Waals surface area (Å²) in [6.45, 7) is 5.33. The van der Waals surface area contributed by atoms with E-state index in [9.17, 15) is 23.1 Å². The van der Waals surface area contributed by atoms with Gasteiger partial charge in [0.25, 0.3) is 5.91 Å². The van der Waals surface area contributed by atoms with E-state index in [1.165, 1.54) is 4.90 Å². The monoisotopic (exact) mass is 465 g/mol. The van der Waals surface area contributed by atoms with Gasteiger partial charge in [0.1, 0.15) is 18.4 Å². The van der Waals surface area contributed by atoms with Crippen molar-refractivity contribution in [2.24, 2.45) is 0 Å². The Morgan fingerprint density at radius 3 is 2.62 bits per heavy atom. The van der Waals surface area contributed by atoms with Crippen LogP contribution in [0.1, 0.15) is 45.6 Å². The zero-order valence-corrected chi connectivity index (χ0v) is 19.4. The largest absolute Gasteiger partial charge is 0.491 e. The van der Waals surface area contributed by atoms with E-state index in [-0.39, 0.29) is 31.2 Å². The predicted molar refractivity (Wildman–Crippen MR) is 120 cm³/mol. The molecule has 0 spiro atoms. The first-order valence-electron chi connectivity index (χ1n) is 10.6. The van der Waals surface area contributed by atoms with Gasteiger partial charge in [-0.05, 0) is 57.7 Å². The van der Waals surface area contributed by atoms with Crippen molar-refractivity contribution in [3.05, 3.63) is 42.0 Å². The van der Waals surface area contributed by atoms with Crippen LogP contribution in [0.2, 0.25) is 0 Å². The van der Waals surface area contributed by atoms with Crippen molar-refractivity contribution in [1.82, 2.24) is 14.9 Å². The Morgan fingerprint density at radius 1 is 1.31 bits per heavy atom. The molecule has 3 rings (SSSR count). The van der Waals surface area contributed by atoms with E-state index in [4.69, 9.17) is 4.74 Å². The van der Waals surface area contributed by atoms with Crippen molar-refractivity contribution in [1.29, 1.82) is 0 Å².